The zero-order chi connectivity index (χ0) is 20.4. The van der Waals surface area contributed by atoms with Crippen LogP contribution < -0.4 is 10.1 Å². The zero-order valence-corrected chi connectivity index (χ0v) is 17.1. The predicted octanol–water partition coefficient (Wildman–Crippen LogP) is 4.45. The molecule has 0 aliphatic rings. The average molecular weight is 420 g/mol. The van der Waals surface area contributed by atoms with Gasteiger partial charge in [-0.3, -0.25) is 0 Å². The van der Waals surface area contributed by atoms with E-state index in [4.69, 9.17) is 9.15 Å². The number of hydrogen-bond donors (Lipinski definition) is 1. The van der Waals surface area contributed by atoms with Gasteiger partial charge in [0.1, 0.15) is 17.9 Å². The molecule has 0 atom stereocenters. The number of hydrogen-bond acceptors (Lipinski definition) is 8. The third-order valence-corrected chi connectivity index (χ3v) is 5.09. The average Bonchev–Trinajstić information content (AvgIpc) is 3.28. The van der Waals surface area contributed by atoms with Gasteiger partial charge in [-0.15, -0.1) is 22.0 Å². The number of benzene rings is 2. The van der Waals surface area contributed by atoms with Crippen molar-refractivity contribution in [3.63, 3.8) is 0 Å². The summed E-state index contributed by atoms with van der Waals surface area (Å²) >= 11 is 1.70. The van der Waals surface area contributed by atoms with Gasteiger partial charge in [-0.1, -0.05) is 30.3 Å². The summed E-state index contributed by atoms with van der Waals surface area (Å²) in [6.07, 6.45) is 3.23. The van der Waals surface area contributed by atoms with Gasteiger partial charge in [0.05, 0.1) is 12.4 Å². The van der Waals surface area contributed by atoms with Gasteiger partial charge in [-0.2, -0.15) is 0 Å². The Labute approximate surface area is 178 Å². The van der Waals surface area contributed by atoms with Crippen LogP contribution in [0, 0.1) is 0 Å². The van der Waals surface area contributed by atoms with Crippen LogP contribution in [0.15, 0.2) is 77.6 Å². The molecule has 1 N–H and O–H groups in total. The van der Waals surface area contributed by atoms with Gasteiger partial charge in [0, 0.05) is 24.1 Å². The SMILES string of the molecule is c1ccc(OCCSCc2nnc(-c3ccc(CNc4ccncn4)cc3)o2)cc1. The molecule has 4 aromatic rings. The number of aromatic nitrogens is 4. The second kappa shape index (κ2) is 10.4. The van der Waals surface area contributed by atoms with E-state index in [2.05, 4.69) is 25.5 Å². The minimum Gasteiger partial charge on any atom is -0.493 e. The number of anilines is 1. The first-order valence-electron chi connectivity index (χ1n) is 9.54. The van der Waals surface area contributed by atoms with E-state index >= 15 is 0 Å². The number of para-hydroxylation sites is 1. The van der Waals surface area contributed by atoms with Gasteiger partial charge in [0.2, 0.25) is 11.8 Å². The lowest BCUT2D eigenvalue weighted by atomic mass is 10.1. The van der Waals surface area contributed by atoms with E-state index in [0.717, 1.165) is 28.4 Å². The molecule has 8 heteroatoms. The lowest BCUT2D eigenvalue weighted by molar-refractivity contribution is 0.344. The van der Waals surface area contributed by atoms with Gasteiger partial charge in [0.15, 0.2) is 0 Å². The van der Waals surface area contributed by atoms with Gasteiger partial charge in [0.25, 0.3) is 0 Å². The van der Waals surface area contributed by atoms with E-state index in [9.17, 15) is 0 Å². The highest BCUT2D eigenvalue weighted by atomic mass is 32.2. The van der Waals surface area contributed by atoms with Crippen molar-refractivity contribution in [3.05, 3.63) is 84.6 Å². The number of nitrogens with zero attached hydrogens (tertiary/aromatic N) is 4. The Balaban J connectivity index is 1.22. The highest BCUT2D eigenvalue weighted by Gasteiger charge is 2.09. The highest BCUT2D eigenvalue weighted by Crippen LogP contribution is 2.21. The summed E-state index contributed by atoms with van der Waals surface area (Å²) in [5.41, 5.74) is 2.03. The first-order chi connectivity index (χ1) is 14.9. The van der Waals surface area contributed by atoms with Crippen molar-refractivity contribution in [2.75, 3.05) is 17.7 Å². The Bertz CT molecular complexity index is 1030. The maximum absolute atomic E-state index is 5.79. The van der Waals surface area contributed by atoms with Crippen LogP contribution in [0.4, 0.5) is 5.82 Å². The van der Waals surface area contributed by atoms with E-state index < -0.39 is 0 Å². The van der Waals surface area contributed by atoms with E-state index in [1.807, 2.05) is 60.7 Å². The van der Waals surface area contributed by atoms with Crippen LogP contribution in [-0.4, -0.2) is 32.5 Å². The van der Waals surface area contributed by atoms with Crippen LogP contribution in [0.5, 0.6) is 5.75 Å². The third-order valence-electron chi connectivity index (χ3n) is 4.19. The number of nitrogens with one attached hydrogen (secondary N) is 1. The molecule has 0 aliphatic carbocycles. The molecule has 2 aromatic heterocycles. The Morgan fingerprint density at radius 3 is 2.63 bits per heavy atom. The van der Waals surface area contributed by atoms with E-state index in [1.165, 1.54) is 6.33 Å². The van der Waals surface area contributed by atoms with E-state index in [0.29, 0.717) is 30.7 Å². The molecular weight excluding hydrogens is 398 g/mol. The minimum atomic E-state index is 0.529. The van der Waals surface area contributed by atoms with Crippen molar-refractivity contribution >= 4 is 17.6 Å². The molecule has 30 heavy (non-hydrogen) atoms. The molecule has 152 valence electrons. The molecule has 7 nitrogen and oxygen atoms in total. The van der Waals surface area contributed by atoms with Gasteiger partial charge < -0.3 is 14.5 Å². The lowest BCUT2D eigenvalue weighted by Gasteiger charge is -2.05. The maximum atomic E-state index is 5.79. The Hall–Kier alpha value is -3.39. The maximum Gasteiger partial charge on any atom is 0.247 e. The first-order valence-corrected chi connectivity index (χ1v) is 10.7. The molecule has 0 saturated heterocycles. The molecule has 0 amide bonds. The molecule has 0 fully saturated rings. The van der Waals surface area contributed by atoms with E-state index in [-0.39, 0.29) is 0 Å². The summed E-state index contributed by atoms with van der Waals surface area (Å²) in [4.78, 5) is 8.05. The van der Waals surface area contributed by atoms with Crippen LogP contribution in [0.3, 0.4) is 0 Å². The van der Waals surface area contributed by atoms with Gasteiger partial charge in [-0.25, -0.2) is 9.97 Å². The molecule has 0 spiro atoms. The van der Waals surface area contributed by atoms with Crippen molar-refractivity contribution in [2.24, 2.45) is 0 Å². The lowest BCUT2D eigenvalue weighted by Crippen LogP contribution is -2.01. The van der Waals surface area contributed by atoms with Crippen LogP contribution in [0.1, 0.15) is 11.5 Å². The van der Waals surface area contributed by atoms with Gasteiger partial charge in [-0.05, 0) is 35.9 Å². The second-order valence-corrected chi connectivity index (χ2v) is 7.47. The summed E-state index contributed by atoms with van der Waals surface area (Å²) in [7, 11) is 0. The fourth-order valence-electron chi connectivity index (χ4n) is 2.68. The summed E-state index contributed by atoms with van der Waals surface area (Å²) < 4.78 is 11.5. The minimum absolute atomic E-state index is 0.529. The summed E-state index contributed by atoms with van der Waals surface area (Å²) in [6, 6.07) is 19.7. The Morgan fingerprint density at radius 2 is 1.83 bits per heavy atom. The molecule has 0 radical (unpaired) electrons. The Morgan fingerprint density at radius 1 is 0.967 bits per heavy atom. The van der Waals surface area contributed by atoms with Crippen LogP contribution in [0.2, 0.25) is 0 Å². The van der Waals surface area contributed by atoms with Crippen LogP contribution >= 0.6 is 11.8 Å². The van der Waals surface area contributed by atoms with Crippen molar-refractivity contribution < 1.29 is 9.15 Å². The largest absolute Gasteiger partial charge is 0.493 e. The molecule has 2 aromatic carbocycles. The number of thioether (sulfide) groups is 1. The molecule has 0 unspecified atom stereocenters. The standard InChI is InChI=1S/C22H21N5O2S/c1-2-4-19(5-3-1)28-12-13-30-15-21-26-27-22(29-21)18-8-6-17(7-9-18)14-24-20-10-11-23-16-25-20/h1-11,16H,12-15H2,(H,23,24,25). The van der Waals surface area contributed by atoms with Crippen molar-refractivity contribution in [3.8, 4) is 17.2 Å². The molecule has 0 saturated carbocycles. The summed E-state index contributed by atoms with van der Waals surface area (Å²) in [5, 5.41) is 11.6. The summed E-state index contributed by atoms with van der Waals surface area (Å²) in [5.74, 6) is 4.33. The summed E-state index contributed by atoms with van der Waals surface area (Å²) in [6.45, 7) is 1.31. The molecule has 0 aliphatic heterocycles. The van der Waals surface area contributed by atoms with Gasteiger partial charge >= 0.3 is 0 Å². The number of ether oxygens (including phenoxy) is 1. The quantitative estimate of drug-likeness (QED) is 0.377. The fraction of sp³-hybridized carbons (Fsp3) is 0.182. The number of rotatable bonds is 10. The van der Waals surface area contributed by atoms with Crippen LogP contribution in [-0.2, 0) is 12.3 Å². The fourth-order valence-corrected chi connectivity index (χ4v) is 3.31. The predicted molar refractivity (Wildman–Crippen MR) is 117 cm³/mol. The van der Waals surface area contributed by atoms with E-state index in [1.54, 1.807) is 18.0 Å². The molecule has 2 heterocycles. The zero-order valence-electron chi connectivity index (χ0n) is 16.3. The first kappa shape index (κ1) is 19.9. The molecule has 4 rings (SSSR count). The second-order valence-electron chi connectivity index (χ2n) is 6.36. The monoisotopic (exact) mass is 419 g/mol. The van der Waals surface area contributed by atoms with Crippen molar-refractivity contribution in [1.29, 1.82) is 0 Å². The normalized spacial score (nSPS) is 10.7. The Kier molecular flexibility index (Phi) is 6.90. The van der Waals surface area contributed by atoms with Crippen molar-refractivity contribution in [2.45, 2.75) is 12.3 Å². The smallest absolute Gasteiger partial charge is 0.247 e. The topological polar surface area (TPSA) is 86.0 Å². The van der Waals surface area contributed by atoms with Crippen LogP contribution in [0.25, 0.3) is 11.5 Å². The third kappa shape index (κ3) is 5.81. The molecule has 0 bridgehead atoms. The highest BCUT2D eigenvalue weighted by molar-refractivity contribution is 7.98. The molecular formula is C22H21N5O2S. The van der Waals surface area contributed by atoms with Crippen molar-refractivity contribution in [1.82, 2.24) is 20.2 Å².